The Morgan fingerprint density at radius 3 is 2.63 bits per heavy atom. The topological polar surface area (TPSA) is 79.4 Å². The van der Waals surface area contributed by atoms with Crippen molar-refractivity contribution in [3.8, 4) is 23.0 Å². The minimum Gasteiger partial charge on any atom is -0.508 e. The van der Waals surface area contributed by atoms with Crippen LogP contribution in [-0.2, 0) is 6.42 Å². The first kappa shape index (κ1) is 13.2. The van der Waals surface area contributed by atoms with Crippen LogP contribution in [0.2, 0.25) is 0 Å². The molecule has 0 unspecified atom stereocenters. The molecule has 0 aliphatic carbocycles. The summed E-state index contributed by atoms with van der Waals surface area (Å²) in [4.78, 5) is 3.74. The molecule has 102 valence electrons. The first-order valence-corrected chi connectivity index (χ1v) is 5.27. The standard InChI is InChI=1S/C11H9F3N2O3/c12-11(13,14)4-3-9-15-10(19-16-9)7-5-6(17)1-2-8(7)18/h1-2,5,17-18H,3-4H2. The third kappa shape index (κ3) is 3.36. The lowest BCUT2D eigenvalue weighted by Gasteiger charge is -2.02. The zero-order chi connectivity index (χ0) is 14.0. The lowest BCUT2D eigenvalue weighted by Crippen LogP contribution is -2.09. The first-order chi connectivity index (χ1) is 8.85. The summed E-state index contributed by atoms with van der Waals surface area (Å²) in [6.07, 6.45) is -5.77. The van der Waals surface area contributed by atoms with Crippen LogP contribution in [0.4, 0.5) is 13.2 Å². The number of aromatic nitrogens is 2. The van der Waals surface area contributed by atoms with Crippen molar-refractivity contribution >= 4 is 0 Å². The number of hydrogen-bond donors (Lipinski definition) is 2. The van der Waals surface area contributed by atoms with Crippen molar-refractivity contribution in [2.75, 3.05) is 0 Å². The molecule has 0 saturated heterocycles. The van der Waals surface area contributed by atoms with Gasteiger partial charge in [-0.1, -0.05) is 5.16 Å². The van der Waals surface area contributed by atoms with Crippen LogP contribution in [0.1, 0.15) is 12.2 Å². The highest BCUT2D eigenvalue weighted by molar-refractivity contribution is 5.64. The van der Waals surface area contributed by atoms with E-state index in [1.54, 1.807) is 0 Å². The van der Waals surface area contributed by atoms with Gasteiger partial charge in [-0.3, -0.25) is 0 Å². The van der Waals surface area contributed by atoms with Crippen molar-refractivity contribution < 1.29 is 27.9 Å². The molecule has 1 aromatic carbocycles. The number of rotatable bonds is 3. The van der Waals surface area contributed by atoms with Crippen LogP contribution >= 0.6 is 0 Å². The Balaban J connectivity index is 2.19. The predicted octanol–water partition coefficient (Wildman–Crippen LogP) is 2.64. The molecule has 8 heteroatoms. The summed E-state index contributed by atoms with van der Waals surface area (Å²) in [6, 6.07) is 3.64. The SMILES string of the molecule is Oc1ccc(O)c(-c2nc(CCC(F)(F)F)no2)c1. The second kappa shape index (κ2) is 4.79. The number of phenolic OH excluding ortho intramolecular Hbond substituents is 2. The van der Waals surface area contributed by atoms with Crippen molar-refractivity contribution in [2.45, 2.75) is 19.0 Å². The van der Waals surface area contributed by atoms with E-state index in [4.69, 9.17) is 4.52 Å². The van der Waals surface area contributed by atoms with Gasteiger partial charge in [0.15, 0.2) is 5.82 Å². The van der Waals surface area contributed by atoms with Gasteiger partial charge in [0.05, 0.1) is 12.0 Å². The summed E-state index contributed by atoms with van der Waals surface area (Å²) in [6.45, 7) is 0. The van der Waals surface area contributed by atoms with Gasteiger partial charge in [0.1, 0.15) is 11.5 Å². The maximum atomic E-state index is 12.0. The highest BCUT2D eigenvalue weighted by atomic mass is 19.4. The Morgan fingerprint density at radius 2 is 1.95 bits per heavy atom. The smallest absolute Gasteiger partial charge is 0.389 e. The second-order valence-electron chi connectivity index (χ2n) is 3.83. The Kier molecular flexibility index (Phi) is 3.32. The van der Waals surface area contributed by atoms with Gasteiger partial charge in [0.25, 0.3) is 5.89 Å². The van der Waals surface area contributed by atoms with Gasteiger partial charge in [-0.15, -0.1) is 0 Å². The van der Waals surface area contributed by atoms with Crippen molar-refractivity contribution in [1.29, 1.82) is 0 Å². The molecule has 19 heavy (non-hydrogen) atoms. The molecule has 0 aliphatic rings. The molecule has 0 aliphatic heterocycles. The van der Waals surface area contributed by atoms with E-state index in [-0.39, 0.29) is 28.8 Å². The van der Waals surface area contributed by atoms with E-state index >= 15 is 0 Å². The molecule has 0 atom stereocenters. The average molecular weight is 274 g/mol. The molecule has 0 fully saturated rings. The predicted molar refractivity (Wildman–Crippen MR) is 57.4 cm³/mol. The van der Waals surface area contributed by atoms with E-state index in [2.05, 4.69) is 10.1 Å². The van der Waals surface area contributed by atoms with Gasteiger partial charge in [-0.2, -0.15) is 18.2 Å². The molecule has 0 radical (unpaired) electrons. The maximum Gasteiger partial charge on any atom is 0.389 e. The molecule has 0 amide bonds. The number of aromatic hydroxyl groups is 2. The lowest BCUT2D eigenvalue weighted by molar-refractivity contribution is -0.134. The largest absolute Gasteiger partial charge is 0.508 e. The summed E-state index contributed by atoms with van der Waals surface area (Å²) in [5.41, 5.74) is 0.0609. The summed E-state index contributed by atoms with van der Waals surface area (Å²) < 4.78 is 40.8. The number of halogens is 3. The summed E-state index contributed by atoms with van der Waals surface area (Å²) in [5.74, 6) is -0.618. The first-order valence-electron chi connectivity index (χ1n) is 5.27. The van der Waals surface area contributed by atoms with Crippen LogP contribution in [0.5, 0.6) is 11.5 Å². The Labute approximate surface area is 105 Å². The number of hydrogen-bond acceptors (Lipinski definition) is 5. The van der Waals surface area contributed by atoms with Crippen LogP contribution in [0.3, 0.4) is 0 Å². The van der Waals surface area contributed by atoms with Gasteiger partial charge in [-0.25, -0.2) is 0 Å². The van der Waals surface area contributed by atoms with Crippen LogP contribution in [-0.4, -0.2) is 26.5 Å². The van der Waals surface area contributed by atoms with Gasteiger partial charge in [-0.05, 0) is 18.2 Å². The molecular formula is C11H9F3N2O3. The van der Waals surface area contributed by atoms with E-state index in [9.17, 15) is 23.4 Å². The quantitative estimate of drug-likeness (QED) is 0.841. The number of benzene rings is 1. The average Bonchev–Trinajstić information content (AvgIpc) is 2.77. The van der Waals surface area contributed by atoms with E-state index in [1.165, 1.54) is 18.2 Å². The Morgan fingerprint density at radius 1 is 1.21 bits per heavy atom. The summed E-state index contributed by atoms with van der Waals surface area (Å²) in [7, 11) is 0. The Hall–Kier alpha value is -2.25. The van der Waals surface area contributed by atoms with Crippen molar-refractivity contribution in [2.24, 2.45) is 0 Å². The minimum atomic E-state index is -4.30. The Bertz CT molecular complexity index is 581. The zero-order valence-corrected chi connectivity index (χ0v) is 9.48. The van der Waals surface area contributed by atoms with Gasteiger partial charge < -0.3 is 14.7 Å². The molecule has 0 saturated carbocycles. The zero-order valence-electron chi connectivity index (χ0n) is 9.48. The maximum absolute atomic E-state index is 12.0. The molecule has 2 aromatic rings. The summed E-state index contributed by atoms with van der Waals surface area (Å²) in [5, 5.41) is 22.2. The molecular weight excluding hydrogens is 265 g/mol. The fraction of sp³-hybridized carbons (Fsp3) is 0.273. The number of nitrogens with zero attached hydrogens (tertiary/aromatic N) is 2. The molecule has 1 heterocycles. The lowest BCUT2D eigenvalue weighted by atomic mass is 10.2. The van der Waals surface area contributed by atoms with E-state index in [1.807, 2.05) is 0 Å². The number of aryl methyl sites for hydroxylation is 1. The van der Waals surface area contributed by atoms with E-state index in [0.717, 1.165) is 0 Å². The third-order valence-corrected chi connectivity index (χ3v) is 2.31. The van der Waals surface area contributed by atoms with Crippen LogP contribution < -0.4 is 0 Å². The van der Waals surface area contributed by atoms with Crippen molar-refractivity contribution in [1.82, 2.24) is 10.1 Å². The van der Waals surface area contributed by atoms with Gasteiger partial charge in [0.2, 0.25) is 0 Å². The molecule has 0 bridgehead atoms. The van der Waals surface area contributed by atoms with Crippen LogP contribution in [0.25, 0.3) is 11.5 Å². The number of alkyl halides is 3. The summed E-state index contributed by atoms with van der Waals surface area (Å²) >= 11 is 0. The highest BCUT2D eigenvalue weighted by Gasteiger charge is 2.27. The van der Waals surface area contributed by atoms with Crippen molar-refractivity contribution in [3.63, 3.8) is 0 Å². The molecule has 2 rings (SSSR count). The second-order valence-corrected chi connectivity index (χ2v) is 3.83. The molecule has 2 N–H and O–H groups in total. The van der Waals surface area contributed by atoms with Crippen LogP contribution in [0.15, 0.2) is 22.7 Å². The molecule has 0 spiro atoms. The molecule has 1 aromatic heterocycles. The minimum absolute atomic E-state index is 0.0609. The van der Waals surface area contributed by atoms with E-state index < -0.39 is 19.0 Å². The van der Waals surface area contributed by atoms with E-state index in [0.29, 0.717) is 0 Å². The fourth-order valence-electron chi connectivity index (χ4n) is 1.41. The normalized spacial score (nSPS) is 11.7. The van der Waals surface area contributed by atoms with Gasteiger partial charge in [0, 0.05) is 6.42 Å². The number of phenols is 2. The van der Waals surface area contributed by atoms with Crippen molar-refractivity contribution in [3.05, 3.63) is 24.0 Å². The third-order valence-electron chi connectivity index (χ3n) is 2.31. The highest BCUT2D eigenvalue weighted by Crippen LogP contribution is 2.31. The fourth-order valence-corrected chi connectivity index (χ4v) is 1.41. The van der Waals surface area contributed by atoms with Gasteiger partial charge >= 0.3 is 6.18 Å². The molecule has 5 nitrogen and oxygen atoms in total. The van der Waals surface area contributed by atoms with Crippen LogP contribution in [0, 0.1) is 0 Å². The monoisotopic (exact) mass is 274 g/mol.